The smallest absolute Gasteiger partial charge is 0.293 e. The number of carbonyl (C=O) groups is 1. The summed E-state index contributed by atoms with van der Waals surface area (Å²) < 4.78 is 0. The summed E-state index contributed by atoms with van der Waals surface area (Å²) >= 11 is 0. The van der Waals surface area contributed by atoms with Gasteiger partial charge < -0.3 is 16.0 Å². The summed E-state index contributed by atoms with van der Waals surface area (Å²) in [5.74, 6) is -0.662. The van der Waals surface area contributed by atoms with Gasteiger partial charge in [-0.1, -0.05) is 0 Å². The van der Waals surface area contributed by atoms with Crippen LogP contribution in [0.3, 0.4) is 0 Å². The molecule has 1 aromatic rings. The number of nitrogens with zero attached hydrogens (tertiary/aromatic N) is 2. The largest absolute Gasteiger partial charge is 0.366 e. The maximum Gasteiger partial charge on any atom is 0.293 e. The van der Waals surface area contributed by atoms with Gasteiger partial charge in [0.05, 0.1) is 4.92 Å². The molecule has 7 heteroatoms. The van der Waals surface area contributed by atoms with Crippen LogP contribution < -0.4 is 16.0 Å². The highest BCUT2D eigenvalue weighted by atomic mass is 16.6. The van der Waals surface area contributed by atoms with E-state index < -0.39 is 10.8 Å². The number of nitrogens with one attached hydrogen (secondary N) is 1. The van der Waals surface area contributed by atoms with Gasteiger partial charge in [0.15, 0.2) is 0 Å². The van der Waals surface area contributed by atoms with Crippen LogP contribution in [0.4, 0.5) is 11.4 Å². The Labute approximate surface area is 123 Å². The zero-order valence-corrected chi connectivity index (χ0v) is 12.0. The number of amides is 1. The number of nitro benzene ring substituents is 1. The Hall–Kier alpha value is -2.15. The minimum atomic E-state index is -0.662. The average molecular weight is 292 g/mol. The van der Waals surface area contributed by atoms with Gasteiger partial charge in [-0.25, -0.2) is 0 Å². The Morgan fingerprint density at radius 3 is 2.86 bits per heavy atom. The Morgan fingerprint density at radius 2 is 2.33 bits per heavy atom. The zero-order valence-electron chi connectivity index (χ0n) is 12.0. The number of likely N-dealkylation sites (N-methyl/N-ethyl adjacent to an activating group) is 1. The molecule has 1 atom stereocenters. The molecule has 0 radical (unpaired) electrons. The Balaban J connectivity index is 2.30. The number of nitro groups is 1. The van der Waals surface area contributed by atoms with E-state index in [2.05, 4.69) is 5.32 Å². The van der Waals surface area contributed by atoms with Crippen molar-refractivity contribution in [3.8, 4) is 0 Å². The second-order valence-corrected chi connectivity index (χ2v) is 5.16. The van der Waals surface area contributed by atoms with Crippen LogP contribution in [0.1, 0.15) is 30.1 Å². The van der Waals surface area contributed by atoms with Crippen LogP contribution in [0, 0.1) is 10.1 Å². The molecule has 1 amide bonds. The summed E-state index contributed by atoms with van der Waals surface area (Å²) in [6, 6.07) is 4.74. The topological polar surface area (TPSA) is 102 Å². The van der Waals surface area contributed by atoms with Crippen molar-refractivity contribution in [1.82, 2.24) is 5.32 Å². The van der Waals surface area contributed by atoms with Crippen molar-refractivity contribution in [3.63, 3.8) is 0 Å². The van der Waals surface area contributed by atoms with Crippen LogP contribution in [0.2, 0.25) is 0 Å². The highest BCUT2D eigenvalue weighted by Crippen LogP contribution is 2.29. The fourth-order valence-electron chi connectivity index (χ4n) is 2.67. The maximum absolute atomic E-state index is 11.3. The minimum absolute atomic E-state index is 0.0776. The molecular formula is C14H20N4O3. The summed E-state index contributed by atoms with van der Waals surface area (Å²) in [5.41, 5.74) is 5.79. The molecule has 1 aromatic carbocycles. The maximum atomic E-state index is 11.3. The van der Waals surface area contributed by atoms with Gasteiger partial charge in [-0.3, -0.25) is 14.9 Å². The second-order valence-electron chi connectivity index (χ2n) is 5.16. The standard InChI is InChI=1S/C14H20N4O3/c1-2-17(9-11-4-3-7-16-11)12-6-5-10(14(15)19)8-13(12)18(20)21/h5-6,8,11,16H,2-4,7,9H2,1H3,(H2,15,19). The van der Waals surface area contributed by atoms with E-state index in [1.807, 2.05) is 11.8 Å². The van der Waals surface area contributed by atoms with Gasteiger partial charge in [0, 0.05) is 30.8 Å². The van der Waals surface area contributed by atoms with Gasteiger partial charge in [-0.2, -0.15) is 0 Å². The molecule has 7 nitrogen and oxygen atoms in total. The molecule has 1 fully saturated rings. The van der Waals surface area contributed by atoms with Crippen molar-refractivity contribution < 1.29 is 9.72 Å². The number of anilines is 1. The lowest BCUT2D eigenvalue weighted by Crippen LogP contribution is -2.37. The lowest BCUT2D eigenvalue weighted by molar-refractivity contribution is -0.384. The van der Waals surface area contributed by atoms with Crippen molar-refractivity contribution >= 4 is 17.3 Å². The predicted octanol–water partition coefficient (Wildman–Crippen LogP) is 1.27. The molecule has 1 aliphatic rings. The molecule has 21 heavy (non-hydrogen) atoms. The van der Waals surface area contributed by atoms with Gasteiger partial charge in [0.1, 0.15) is 5.69 Å². The highest BCUT2D eigenvalue weighted by molar-refractivity contribution is 5.94. The summed E-state index contributed by atoms with van der Waals surface area (Å²) in [5, 5.41) is 14.6. The Morgan fingerprint density at radius 1 is 1.57 bits per heavy atom. The fourth-order valence-corrected chi connectivity index (χ4v) is 2.67. The molecule has 0 saturated carbocycles. The van der Waals surface area contributed by atoms with Crippen molar-refractivity contribution in [2.75, 3.05) is 24.5 Å². The van der Waals surface area contributed by atoms with E-state index in [0.717, 1.165) is 19.4 Å². The van der Waals surface area contributed by atoms with E-state index in [1.165, 1.54) is 12.1 Å². The first-order chi connectivity index (χ1) is 10.0. The Bertz CT molecular complexity index is 541. The molecular weight excluding hydrogens is 272 g/mol. The Kier molecular flexibility index (Phi) is 4.74. The van der Waals surface area contributed by atoms with Gasteiger partial charge in [0.2, 0.25) is 5.91 Å². The first kappa shape index (κ1) is 15.2. The van der Waals surface area contributed by atoms with Crippen molar-refractivity contribution in [1.29, 1.82) is 0 Å². The zero-order chi connectivity index (χ0) is 15.4. The highest BCUT2D eigenvalue weighted by Gasteiger charge is 2.24. The van der Waals surface area contributed by atoms with Crippen LogP contribution in [-0.2, 0) is 0 Å². The lowest BCUT2D eigenvalue weighted by Gasteiger charge is -2.26. The molecule has 1 heterocycles. The molecule has 0 bridgehead atoms. The number of hydrogen-bond donors (Lipinski definition) is 2. The molecule has 3 N–H and O–H groups in total. The molecule has 1 aliphatic heterocycles. The van der Waals surface area contributed by atoms with Crippen LogP contribution >= 0.6 is 0 Å². The average Bonchev–Trinajstić information content (AvgIpc) is 2.97. The fraction of sp³-hybridized carbons (Fsp3) is 0.500. The van der Waals surface area contributed by atoms with Crippen LogP contribution in [0.5, 0.6) is 0 Å². The summed E-state index contributed by atoms with van der Waals surface area (Å²) in [4.78, 5) is 23.9. The van der Waals surface area contributed by atoms with Crippen molar-refractivity contribution in [2.45, 2.75) is 25.8 Å². The van der Waals surface area contributed by atoms with Crippen LogP contribution in [0.15, 0.2) is 18.2 Å². The second kappa shape index (κ2) is 6.53. The van der Waals surface area contributed by atoms with Gasteiger partial charge in [0.25, 0.3) is 5.69 Å². The molecule has 0 aromatic heterocycles. The van der Waals surface area contributed by atoms with Crippen LogP contribution in [0.25, 0.3) is 0 Å². The molecule has 2 rings (SSSR count). The molecule has 114 valence electrons. The molecule has 1 unspecified atom stereocenters. The number of nitrogens with two attached hydrogens (primary N) is 1. The number of hydrogen-bond acceptors (Lipinski definition) is 5. The van der Waals surface area contributed by atoms with E-state index in [1.54, 1.807) is 6.07 Å². The van der Waals surface area contributed by atoms with Gasteiger partial charge >= 0.3 is 0 Å². The molecule has 0 aliphatic carbocycles. The van der Waals surface area contributed by atoms with E-state index in [-0.39, 0.29) is 11.3 Å². The SMILES string of the molecule is CCN(CC1CCCN1)c1ccc(C(N)=O)cc1[N+](=O)[O-]. The predicted molar refractivity (Wildman–Crippen MR) is 80.5 cm³/mol. The first-order valence-corrected chi connectivity index (χ1v) is 7.09. The quantitative estimate of drug-likeness (QED) is 0.607. The summed E-state index contributed by atoms with van der Waals surface area (Å²) in [7, 11) is 0. The number of carbonyl (C=O) groups excluding carboxylic acids is 1. The number of rotatable bonds is 6. The first-order valence-electron chi connectivity index (χ1n) is 7.09. The van der Waals surface area contributed by atoms with E-state index in [0.29, 0.717) is 24.8 Å². The number of benzene rings is 1. The van der Waals surface area contributed by atoms with Crippen molar-refractivity contribution in [2.24, 2.45) is 5.73 Å². The normalized spacial score (nSPS) is 17.7. The third kappa shape index (κ3) is 3.49. The van der Waals surface area contributed by atoms with E-state index in [4.69, 9.17) is 5.73 Å². The summed E-state index contributed by atoms with van der Waals surface area (Å²) in [6.45, 7) is 4.33. The molecule has 0 spiro atoms. The molecule has 1 saturated heterocycles. The number of primary amides is 1. The van der Waals surface area contributed by atoms with E-state index in [9.17, 15) is 14.9 Å². The lowest BCUT2D eigenvalue weighted by atomic mass is 10.1. The summed E-state index contributed by atoms with van der Waals surface area (Å²) in [6.07, 6.45) is 2.20. The van der Waals surface area contributed by atoms with Crippen LogP contribution in [-0.4, -0.2) is 36.5 Å². The van der Waals surface area contributed by atoms with Crippen molar-refractivity contribution in [3.05, 3.63) is 33.9 Å². The third-order valence-electron chi connectivity index (χ3n) is 3.78. The van der Waals surface area contributed by atoms with Gasteiger partial charge in [-0.15, -0.1) is 0 Å². The van der Waals surface area contributed by atoms with E-state index >= 15 is 0 Å². The monoisotopic (exact) mass is 292 g/mol. The third-order valence-corrected chi connectivity index (χ3v) is 3.78. The minimum Gasteiger partial charge on any atom is -0.366 e. The van der Waals surface area contributed by atoms with Gasteiger partial charge in [-0.05, 0) is 38.4 Å².